The molecule has 0 N–H and O–H groups in total. The second-order valence-electron chi connectivity index (χ2n) is 5.53. The molecular weight excluding hydrogens is 298 g/mol. The summed E-state index contributed by atoms with van der Waals surface area (Å²) in [5.41, 5.74) is 3.87. The molecule has 2 heterocycles. The van der Waals surface area contributed by atoms with E-state index in [-0.39, 0.29) is 0 Å². The molecule has 1 aromatic carbocycles. The zero-order valence-corrected chi connectivity index (χ0v) is 13.4. The Balaban J connectivity index is 1.90. The summed E-state index contributed by atoms with van der Waals surface area (Å²) >= 11 is 0. The summed E-state index contributed by atoms with van der Waals surface area (Å²) in [6.07, 6.45) is 3.61. The van der Waals surface area contributed by atoms with Crippen molar-refractivity contribution >= 4 is 5.82 Å². The molecule has 0 aliphatic rings. The van der Waals surface area contributed by atoms with E-state index in [1.54, 1.807) is 12.3 Å². The normalized spacial score (nSPS) is 10.2. The lowest BCUT2D eigenvalue weighted by molar-refractivity contribution is 0.762. The van der Waals surface area contributed by atoms with Crippen molar-refractivity contribution in [3.63, 3.8) is 0 Å². The van der Waals surface area contributed by atoms with Gasteiger partial charge in [0.1, 0.15) is 6.07 Å². The predicted octanol–water partition coefficient (Wildman–Crippen LogP) is 3.26. The molecule has 0 saturated heterocycles. The summed E-state index contributed by atoms with van der Waals surface area (Å²) in [4.78, 5) is 6.31. The average Bonchev–Trinajstić information content (AvgIpc) is 2.64. The third-order valence-corrected chi connectivity index (χ3v) is 3.81. The molecule has 0 spiro atoms. The Hall–Kier alpha value is -3.26. The number of pyridine rings is 1. The number of rotatable bonds is 5. The van der Waals surface area contributed by atoms with Gasteiger partial charge in [0.25, 0.3) is 0 Å². The first-order valence-electron chi connectivity index (χ1n) is 7.68. The molecule has 24 heavy (non-hydrogen) atoms. The van der Waals surface area contributed by atoms with Crippen LogP contribution in [0.5, 0.6) is 0 Å². The zero-order chi connectivity index (χ0) is 16.8. The monoisotopic (exact) mass is 315 g/mol. The van der Waals surface area contributed by atoms with Crippen molar-refractivity contribution in [1.29, 1.82) is 5.26 Å². The lowest BCUT2D eigenvalue weighted by Crippen LogP contribution is -2.24. The zero-order valence-electron chi connectivity index (χ0n) is 13.4. The summed E-state index contributed by atoms with van der Waals surface area (Å²) in [6, 6.07) is 17.8. The van der Waals surface area contributed by atoms with E-state index in [4.69, 9.17) is 5.26 Å². The van der Waals surface area contributed by atoms with Crippen molar-refractivity contribution in [2.75, 3.05) is 4.90 Å². The summed E-state index contributed by atoms with van der Waals surface area (Å²) in [5, 5.41) is 17.1. The van der Waals surface area contributed by atoms with Crippen molar-refractivity contribution in [3.05, 3.63) is 83.3 Å². The van der Waals surface area contributed by atoms with Gasteiger partial charge < -0.3 is 4.90 Å². The molecule has 0 unspecified atom stereocenters. The molecule has 0 aliphatic heterocycles. The highest BCUT2D eigenvalue weighted by atomic mass is 15.3. The van der Waals surface area contributed by atoms with E-state index in [0.29, 0.717) is 18.8 Å². The van der Waals surface area contributed by atoms with Crippen molar-refractivity contribution in [3.8, 4) is 6.07 Å². The Labute approximate surface area is 141 Å². The average molecular weight is 315 g/mol. The number of hydrogen-bond donors (Lipinski definition) is 0. The van der Waals surface area contributed by atoms with Gasteiger partial charge in [0.05, 0.1) is 0 Å². The van der Waals surface area contributed by atoms with E-state index in [1.165, 1.54) is 11.1 Å². The lowest BCUT2D eigenvalue weighted by atomic mass is 10.1. The number of anilines is 1. The van der Waals surface area contributed by atoms with E-state index >= 15 is 0 Å². The molecule has 0 bridgehead atoms. The van der Waals surface area contributed by atoms with Gasteiger partial charge in [-0.15, -0.1) is 10.2 Å². The third-order valence-electron chi connectivity index (χ3n) is 3.81. The fourth-order valence-corrected chi connectivity index (χ4v) is 2.48. The second kappa shape index (κ2) is 7.34. The molecule has 118 valence electrons. The molecule has 0 aliphatic carbocycles. The van der Waals surface area contributed by atoms with Gasteiger partial charge in [-0.05, 0) is 41.8 Å². The fraction of sp³-hybridized carbons (Fsp3) is 0.158. The summed E-state index contributed by atoms with van der Waals surface area (Å²) < 4.78 is 0. The highest BCUT2D eigenvalue weighted by Gasteiger charge is 2.12. The smallest absolute Gasteiger partial charge is 0.163 e. The van der Waals surface area contributed by atoms with Crippen LogP contribution in [0.1, 0.15) is 22.4 Å². The van der Waals surface area contributed by atoms with Crippen LogP contribution < -0.4 is 4.90 Å². The highest BCUT2D eigenvalue weighted by Crippen LogP contribution is 2.19. The van der Waals surface area contributed by atoms with E-state index < -0.39 is 0 Å². The van der Waals surface area contributed by atoms with Crippen LogP contribution in [0, 0.1) is 18.3 Å². The molecule has 3 rings (SSSR count). The topological polar surface area (TPSA) is 65.7 Å². The minimum Gasteiger partial charge on any atom is -0.346 e. The molecule has 0 saturated carbocycles. The molecule has 5 nitrogen and oxygen atoms in total. The maximum atomic E-state index is 8.90. The van der Waals surface area contributed by atoms with Crippen LogP contribution in [-0.4, -0.2) is 15.2 Å². The SMILES string of the molecule is Cc1ccccc1CN(Cc1cccnc1)c1ccc(C#N)nn1. The van der Waals surface area contributed by atoms with Gasteiger partial charge in [0, 0.05) is 25.5 Å². The van der Waals surface area contributed by atoms with E-state index in [1.807, 2.05) is 42.6 Å². The Morgan fingerprint density at radius 1 is 1.00 bits per heavy atom. The van der Waals surface area contributed by atoms with Crippen LogP contribution in [0.2, 0.25) is 0 Å². The Kier molecular flexibility index (Phi) is 4.78. The molecule has 0 atom stereocenters. The van der Waals surface area contributed by atoms with Crippen molar-refractivity contribution in [2.45, 2.75) is 20.0 Å². The Bertz CT molecular complexity index is 838. The summed E-state index contributed by atoms with van der Waals surface area (Å²) in [6.45, 7) is 3.48. The molecule has 0 fully saturated rings. The highest BCUT2D eigenvalue weighted by molar-refractivity contribution is 5.42. The fourth-order valence-electron chi connectivity index (χ4n) is 2.48. The minimum absolute atomic E-state index is 0.316. The predicted molar refractivity (Wildman–Crippen MR) is 92.1 cm³/mol. The molecule has 0 radical (unpaired) electrons. The van der Waals surface area contributed by atoms with Gasteiger partial charge in [-0.25, -0.2) is 0 Å². The first-order valence-corrected chi connectivity index (χ1v) is 7.68. The maximum absolute atomic E-state index is 8.90. The molecule has 0 amide bonds. The number of nitriles is 1. The van der Waals surface area contributed by atoms with Crippen LogP contribution in [0.25, 0.3) is 0 Å². The minimum atomic E-state index is 0.316. The van der Waals surface area contributed by atoms with E-state index in [0.717, 1.165) is 11.4 Å². The van der Waals surface area contributed by atoms with Gasteiger partial charge in [0.2, 0.25) is 0 Å². The number of benzene rings is 1. The van der Waals surface area contributed by atoms with Crippen LogP contribution >= 0.6 is 0 Å². The Morgan fingerprint density at radius 2 is 1.88 bits per heavy atom. The van der Waals surface area contributed by atoms with Gasteiger partial charge in [0.15, 0.2) is 11.5 Å². The van der Waals surface area contributed by atoms with Crippen molar-refractivity contribution in [2.24, 2.45) is 0 Å². The summed E-state index contributed by atoms with van der Waals surface area (Å²) in [7, 11) is 0. The number of hydrogen-bond acceptors (Lipinski definition) is 5. The van der Waals surface area contributed by atoms with Crippen molar-refractivity contribution < 1.29 is 0 Å². The van der Waals surface area contributed by atoms with Crippen molar-refractivity contribution in [1.82, 2.24) is 15.2 Å². The largest absolute Gasteiger partial charge is 0.346 e. The molecular formula is C19H17N5. The number of nitrogens with zero attached hydrogens (tertiary/aromatic N) is 5. The third kappa shape index (κ3) is 3.73. The van der Waals surface area contributed by atoms with E-state index in [9.17, 15) is 0 Å². The van der Waals surface area contributed by atoms with Gasteiger partial charge in [-0.1, -0.05) is 30.3 Å². The first-order chi connectivity index (χ1) is 11.8. The van der Waals surface area contributed by atoms with Crippen LogP contribution in [0.3, 0.4) is 0 Å². The van der Waals surface area contributed by atoms with Crippen LogP contribution in [-0.2, 0) is 13.1 Å². The summed E-state index contributed by atoms with van der Waals surface area (Å²) in [5.74, 6) is 0.737. The molecule has 5 heteroatoms. The standard InChI is InChI=1S/C19H17N5/c1-15-5-2-3-7-17(15)14-24(13-16-6-4-10-21-12-16)19-9-8-18(11-20)22-23-19/h2-10,12H,13-14H2,1H3. The maximum Gasteiger partial charge on any atom is 0.163 e. The second-order valence-corrected chi connectivity index (χ2v) is 5.53. The molecule has 2 aromatic heterocycles. The van der Waals surface area contributed by atoms with Gasteiger partial charge in [-0.2, -0.15) is 5.26 Å². The lowest BCUT2D eigenvalue weighted by Gasteiger charge is -2.24. The quantitative estimate of drug-likeness (QED) is 0.723. The van der Waals surface area contributed by atoms with Gasteiger partial charge in [-0.3, -0.25) is 4.98 Å². The van der Waals surface area contributed by atoms with Crippen LogP contribution in [0.4, 0.5) is 5.82 Å². The van der Waals surface area contributed by atoms with E-state index in [2.05, 4.69) is 39.1 Å². The molecule has 3 aromatic rings. The first kappa shape index (κ1) is 15.6. The van der Waals surface area contributed by atoms with Crippen LogP contribution in [0.15, 0.2) is 60.9 Å². The number of aryl methyl sites for hydroxylation is 1. The van der Waals surface area contributed by atoms with Gasteiger partial charge >= 0.3 is 0 Å². The Morgan fingerprint density at radius 3 is 2.54 bits per heavy atom. The number of aromatic nitrogens is 3.